The third kappa shape index (κ3) is 3.10. The Hall–Kier alpha value is -2.74. The largest absolute Gasteiger partial charge is 0.374 e. The number of hydrogen-bond donors (Lipinski definition) is 1. The van der Waals surface area contributed by atoms with E-state index in [1.165, 1.54) is 27.5 Å². The van der Waals surface area contributed by atoms with Crippen LogP contribution in [0.15, 0.2) is 23.6 Å². The van der Waals surface area contributed by atoms with Crippen molar-refractivity contribution in [2.24, 2.45) is 0 Å². The summed E-state index contributed by atoms with van der Waals surface area (Å²) in [5.41, 5.74) is 3.82. The van der Waals surface area contributed by atoms with Crippen molar-refractivity contribution in [2.75, 3.05) is 25.0 Å². The molecule has 27 heavy (non-hydrogen) atoms. The molecule has 0 radical (unpaired) electrons. The van der Waals surface area contributed by atoms with Crippen molar-refractivity contribution < 1.29 is 14.4 Å². The Morgan fingerprint density at radius 3 is 2.93 bits per heavy atom. The summed E-state index contributed by atoms with van der Waals surface area (Å²) in [4.78, 5) is 44.4. The summed E-state index contributed by atoms with van der Waals surface area (Å²) in [6.45, 7) is 3.13. The van der Waals surface area contributed by atoms with Gasteiger partial charge in [-0.15, -0.1) is 11.3 Å². The third-order valence-electron chi connectivity index (χ3n) is 5.10. The maximum Gasteiger partial charge on any atom is 0.274 e. The lowest BCUT2D eigenvalue weighted by Gasteiger charge is -2.24. The van der Waals surface area contributed by atoms with Gasteiger partial charge in [0, 0.05) is 36.8 Å². The zero-order valence-corrected chi connectivity index (χ0v) is 16.0. The van der Waals surface area contributed by atoms with Crippen LogP contribution in [0.3, 0.4) is 0 Å². The summed E-state index contributed by atoms with van der Waals surface area (Å²) in [7, 11) is 2.08. The first kappa shape index (κ1) is 17.7. The van der Waals surface area contributed by atoms with Crippen molar-refractivity contribution in [3.63, 3.8) is 0 Å². The Morgan fingerprint density at radius 2 is 2.22 bits per heavy atom. The summed E-state index contributed by atoms with van der Waals surface area (Å²) in [5, 5.41) is 4.75. The molecule has 1 unspecified atom stereocenters. The molecule has 1 aromatic heterocycles. The van der Waals surface area contributed by atoms with Crippen molar-refractivity contribution in [1.82, 2.24) is 15.2 Å². The van der Waals surface area contributed by atoms with E-state index in [9.17, 15) is 14.4 Å². The molecule has 4 rings (SSSR count). The number of aromatic nitrogens is 1. The van der Waals surface area contributed by atoms with E-state index in [1.807, 2.05) is 6.07 Å². The molecule has 3 amide bonds. The highest BCUT2D eigenvalue weighted by Gasteiger charge is 2.37. The molecular weight excluding hydrogens is 364 g/mol. The molecule has 2 aliphatic rings. The molecule has 0 spiro atoms. The topological polar surface area (TPSA) is 82.6 Å². The molecule has 1 saturated heterocycles. The fourth-order valence-electron chi connectivity index (χ4n) is 3.65. The fourth-order valence-corrected chi connectivity index (χ4v) is 4.44. The van der Waals surface area contributed by atoms with Crippen LogP contribution in [0.1, 0.15) is 29.4 Å². The smallest absolute Gasteiger partial charge is 0.274 e. The van der Waals surface area contributed by atoms with Gasteiger partial charge in [-0.2, -0.15) is 0 Å². The molecule has 1 atom stereocenters. The predicted octanol–water partition coefficient (Wildman–Crippen LogP) is 1.68. The van der Waals surface area contributed by atoms with Gasteiger partial charge in [0.05, 0.1) is 6.42 Å². The fraction of sp³-hybridized carbons (Fsp3) is 0.368. The second-order valence-electron chi connectivity index (χ2n) is 6.78. The van der Waals surface area contributed by atoms with E-state index >= 15 is 0 Å². The molecule has 2 aromatic rings. The van der Waals surface area contributed by atoms with Crippen LogP contribution in [-0.4, -0.2) is 53.8 Å². The van der Waals surface area contributed by atoms with Gasteiger partial charge in [-0.3, -0.25) is 19.7 Å². The molecule has 1 N–H and O–H groups in total. The minimum Gasteiger partial charge on any atom is -0.374 e. The third-order valence-corrected chi connectivity index (χ3v) is 5.99. The number of nitrogens with zero attached hydrogens (tertiary/aromatic N) is 3. The van der Waals surface area contributed by atoms with Gasteiger partial charge in [-0.1, -0.05) is 0 Å². The minimum absolute atomic E-state index is 0.00769. The number of carbonyl (C=O) groups is 3. The number of thiazole rings is 1. The highest BCUT2D eigenvalue weighted by atomic mass is 32.1. The summed E-state index contributed by atoms with van der Waals surface area (Å²) in [6.07, 6.45) is 1.01. The van der Waals surface area contributed by atoms with Crippen molar-refractivity contribution in [1.29, 1.82) is 0 Å². The lowest BCUT2D eigenvalue weighted by atomic mass is 10.1. The standard InChI is InChI=1S/C19H20N4O3S/c1-3-23(15-9-16(24)21-17(15)25)19(26)13-10-27-18(20-13)12-4-5-14-11(8-12)6-7-22(14)2/h4-5,8,10,15H,3,6-7,9H2,1-2H3,(H,21,24,25). The Morgan fingerprint density at radius 1 is 1.41 bits per heavy atom. The van der Waals surface area contributed by atoms with Crippen LogP contribution in [0.2, 0.25) is 0 Å². The van der Waals surface area contributed by atoms with Crippen molar-refractivity contribution in [3.8, 4) is 10.6 Å². The quantitative estimate of drug-likeness (QED) is 0.811. The number of likely N-dealkylation sites (N-methyl/N-ethyl adjacent to an activating group) is 2. The van der Waals surface area contributed by atoms with Crippen LogP contribution in [0.25, 0.3) is 10.6 Å². The normalized spacial score (nSPS) is 18.6. The van der Waals surface area contributed by atoms with Gasteiger partial charge in [-0.05, 0) is 37.1 Å². The van der Waals surface area contributed by atoms with E-state index in [4.69, 9.17) is 0 Å². The molecule has 0 bridgehead atoms. The molecule has 140 valence electrons. The number of fused-ring (bicyclic) bond motifs is 1. The van der Waals surface area contributed by atoms with Gasteiger partial charge in [0.1, 0.15) is 16.7 Å². The van der Waals surface area contributed by atoms with Crippen molar-refractivity contribution in [2.45, 2.75) is 25.8 Å². The number of amides is 3. The van der Waals surface area contributed by atoms with Crippen LogP contribution < -0.4 is 10.2 Å². The first-order chi connectivity index (χ1) is 13.0. The van der Waals surface area contributed by atoms with Crippen molar-refractivity contribution >= 4 is 34.7 Å². The monoisotopic (exact) mass is 384 g/mol. The van der Waals surface area contributed by atoms with Crippen LogP contribution in [0.5, 0.6) is 0 Å². The van der Waals surface area contributed by atoms with E-state index in [0.717, 1.165) is 23.5 Å². The van der Waals surface area contributed by atoms with Crippen LogP contribution in [0, 0.1) is 0 Å². The molecule has 1 aromatic carbocycles. The number of hydrogen-bond acceptors (Lipinski definition) is 6. The van der Waals surface area contributed by atoms with Crippen molar-refractivity contribution in [3.05, 3.63) is 34.8 Å². The molecule has 7 nitrogen and oxygen atoms in total. The second kappa shape index (κ2) is 6.77. The number of carbonyl (C=O) groups excluding carboxylic acids is 3. The Kier molecular flexibility index (Phi) is 4.43. The molecular formula is C19H20N4O3S. The molecule has 0 saturated carbocycles. The van der Waals surface area contributed by atoms with Gasteiger partial charge in [0.2, 0.25) is 11.8 Å². The molecule has 8 heteroatoms. The lowest BCUT2D eigenvalue weighted by molar-refractivity contribution is -0.126. The van der Waals surface area contributed by atoms with E-state index in [2.05, 4.69) is 34.4 Å². The minimum atomic E-state index is -0.754. The number of imide groups is 1. The maximum atomic E-state index is 12.9. The number of benzene rings is 1. The van der Waals surface area contributed by atoms with Gasteiger partial charge in [0.15, 0.2) is 0 Å². The van der Waals surface area contributed by atoms with E-state index in [-0.39, 0.29) is 18.2 Å². The molecule has 2 aliphatic heterocycles. The first-order valence-corrected chi connectivity index (χ1v) is 9.80. The average Bonchev–Trinajstić information content (AvgIpc) is 3.35. The number of rotatable bonds is 4. The van der Waals surface area contributed by atoms with Gasteiger partial charge in [0.25, 0.3) is 5.91 Å². The van der Waals surface area contributed by atoms with Crippen LogP contribution in [0.4, 0.5) is 5.69 Å². The highest BCUT2D eigenvalue weighted by molar-refractivity contribution is 7.13. The number of nitrogens with one attached hydrogen (secondary N) is 1. The SMILES string of the molecule is CCN(C(=O)c1csc(-c2ccc3c(c2)CCN3C)n1)C1CC(=O)NC1=O. The summed E-state index contributed by atoms with van der Waals surface area (Å²) >= 11 is 1.41. The number of anilines is 1. The Bertz CT molecular complexity index is 939. The lowest BCUT2D eigenvalue weighted by Crippen LogP contribution is -2.44. The van der Waals surface area contributed by atoms with E-state index < -0.39 is 11.9 Å². The predicted molar refractivity (Wildman–Crippen MR) is 103 cm³/mol. The Labute approximate surface area is 161 Å². The van der Waals surface area contributed by atoms with E-state index in [1.54, 1.807) is 12.3 Å². The second-order valence-corrected chi connectivity index (χ2v) is 7.63. The maximum absolute atomic E-state index is 12.9. The first-order valence-electron chi connectivity index (χ1n) is 8.92. The average molecular weight is 384 g/mol. The van der Waals surface area contributed by atoms with Crippen LogP contribution >= 0.6 is 11.3 Å². The Balaban J connectivity index is 1.58. The molecule has 0 aliphatic carbocycles. The van der Waals surface area contributed by atoms with Gasteiger partial charge >= 0.3 is 0 Å². The van der Waals surface area contributed by atoms with Gasteiger partial charge < -0.3 is 9.80 Å². The summed E-state index contributed by atoms with van der Waals surface area (Å²) < 4.78 is 0. The zero-order valence-electron chi connectivity index (χ0n) is 15.2. The van der Waals surface area contributed by atoms with Gasteiger partial charge in [-0.25, -0.2) is 4.98 Å². The molecule has 1 fully saturated rings. The highest BCUT2D eigenvalue weighted by Crippen LogP contribution is 2.32. The summed E-state index contributed by atoms with van der Waals surface area (Å²) in [6, 6.07) is 5.49. The summed E-state index contributed by atoms with van der Waals surface area (Å²) in [5.74, 6) is -1.09. The molecule has 3 heterocycles. The van der Waals surface area contributed by atoms with E-state index in [0.29, 0.717) is 12.2 Å². The van der Waals surface area contributed by atoms with Crippen LogP contribution in [-0.2, 0) is 16.0 Å². The zero-order chi connectivity index (χ0) is 19.1.